The Hall–Kier alpha value is -3.20. The molecule has 2 atom stereocenters. The number of halogens is 2. The molecule has 216 valence electrons. The van der Waals surface area contributed by atoms with Crippen LogP contribution in [0.1, 0.15) is 67.4 Å². The standard InChI is InChI=1S/C31H35ClFN5O3/c32-23-16-34-31(35-17-23)37-9-5-19(6-10-37)25-13-21(25)8-12-40-24-4-3-22(26(33)15-24)14-29(39)38-11-7-28-27(18-38)36-30(41-28)20-1-2-20/h3-4,15-17,19-21,25H,1-2,5-14,18H2/t21-,25-/m1/s1. The summed E-state index contributed by atoms with van der Waals surface area (Å²) in [7, 11) is 0. The Morgan fingerprint density at radius 3 is 2.68 bits per heavy atom. The third-order valence-corrected chi connectivity index (χ3v) is 9.35. The highest BCUT2D eigenvalue weighted by atomic mass is 35.5. The summed E-state index contributed by atoms with van der Waals surface area (Å²) in [4.78, 5) is 30.2. The van der Waals surface area contributed by atoms with E-state index in [4.69, 9.17) is 20.8 Å². The van der Waals surface area contributed by atoms with Gasteiger partial charge in [0.05, 0.1) is 37.0 Å². The van der Waals surface area contributed by atoms with Gasteiger partial charge in [-0.2, -0.15) is 0 Å². The number of carbonyl (C=O) groups is 1. The maximum absolute atomic E-state index is 14.9. The number of oxazole rings is 1. The Morgan fingerprint density at radius 2 is 1.93 bits per heavy atom. The number of aromatic nitrogens is 3. The van der Waals surface area contributed by atoms with Crippen LogP contribution in [0.4, 0.5) is 10.3 Å². The van der Waals surface area contributed by atoms with E-state index in [0.717, 1.165) is 80.3 Å². The molecule has 0 bridgehead atoms. The molecule has 1 amide bonds. The molecule has 0 unspecified atom stereocenters. The summed E-state index contributed by atoms with van der Waals surface area (Å²) >= 11 is 5.91. The number of nitrogens with zero attached hydrogens (tertiary/aromatic N) is 5. The third kappa shape index (κ3) is 6.05. The lowest BCUT2D eigenvalue weighted by atomic mass is 9.90. The van der Waals surface area contributed by atoms with Crippen LogP contribution in [0.15, 0.2) is 35.0 Å². The molecular weight excluding hydrogens is 545 g/mol. The van der Waals surface area contributed by atoms with Gasteiger partial charge in [0.2, 0.25) is 11.9 Å². The van der Waals surface area contributed by atoms with Crippen molar-refractivity contribution >= 4 is 23.5 Å². The molecule has 7 rings (SSSR count). The van der Waals surface area contributed by atoms with E-state index < -0.39 is 5.82 Å². The van der Waals surface area contributed by atoms with Crippen molar-refractivity contribution in [1.82, 2.24) is 19.9 Å². The number of hydrogen-bond donors (Lipinski definition) is 0. The number of hydrogen-bond acceptors (Lipinski definition) is 7. The van der Waals surface area contributed by atoms with Crippen LogP contribution < -0.4 is 9.64 Å². The van der Waals surface area contributed by atoms with Gasteiger partial charge >= 0.3 is 0 Å². The minimum absolute atomic E-state index is 0.0293. The van der Waals surface area contributed by atoms with Crippen molar-refractivity contribution < 1.29 is 18.3 Å². The molecule has 4 heterocycles. The van der Waals surface area contributed by atoms with Crippen LogP contribution in [0.3, 0.4) is 0 Å². The van der Waals surface area contributed by atoms with Gasteiger partial charge in [-0.05, 0) is 67.9 Å². The van der Waals surface area contributed by atoms with Gasteiger partial charge in [-0.25, -0.2) is 19.3 Å². The van der Waals surface area contributed by atoms with Crippen LogP contribution in [0.5, 0.6) is 5.75 Å². The second kappa shape index (κ2) is 11.2. The second-order valence-electron chi connectivity index (χ2n) is 12.0. The first-order valence-electron chi connectivity index (χ1n) is 14.9. The number of anilines is 1. The highest BCUT2D eigenvalue weighted by Crippen LogP contribution is 2.50. The number of carbonyl (C=O) groups excluding carboxylic acids is 1. The predicted octanol–water partition coefficient (Wildman–Crippen LogP) is 5.58. The molecule has 0 N–H and O–H groups in total. The van der Waals surface area contributed by atoms with E-state index in [0.29, 0.717) is 54.3 Å². The lowest BCUT2D eigenvalue weighted by Crippen LogP contribution is -2.36. The molecule has 2 aliphatic heterocycles. The fourth-order valence-electron chi connectivity index (χ4n) is 6.48. The van der Waals surface area contributed by atoms with Crippen molar-refractivity contribution in [3.63, 3.8) is 0 Å². The zero-order valence-electron chi connectivity index (χ0n) is 23.1. The Kier molecular flexibility index (Phi) is 7.31. The molecule has 0 radical (unpaired) electrons. The van der Waals surface area contributed by atoms with Gasteiger partial charge in [0.1, 0.15) is 23.0 Å². The van der Waals surface area contributed by atoms with E-state index >= 15 is 0 Å². The van der Waals surface area contributed by atoms with Crippen molar-refractivity contribution in [3.05, 3.63) is 64.3 Å². The summed E-state index contributed by atoms with van der Waals surface area (Å²) < 4.78 is 26.7. The number of benzene rings is 1. The van der Waals surface area contributed by atoms with Crippen molar-refractivity contribution in [2.45, 2.75) is 63.8 Å². The lowest BCUT2D eigenvalue weighted by Gasteiger charge is -2.32. The van der Waals surface area contributed by atoms with Crippen LogP contribution in [0.25, 0.3) is 0 Å². The molecule has 2 saturated carbocycles. The van der Waals surface area contributed by atoms with Crippen molar-refractivity contribution in [3.8, 4) is 5.75 Å². The fraction of sp³-hybridized carbons (Fsp3) is 0.548. The summed E-state index contributed by atoms with van der Waals surface area (Å²) in [5, 5.41) is 0.558. The minimum Gasteiger partial charge on any atom is -0.493 e. The molecule has 1 saturated heterocycles. The average Bonchev–Trinajstić information content (AvgIpc) is 3.92. The quantitative estimate of drug-likeness (QED) is 0.327. The molecular formula is C31H35ClFN5O3. The fourth-order valence-corrected chi connectivity index (χ4v) is 6.57. The predicted molar refractivity (Wildman–Crippen MR) is 151 cm³/mol. The van der Waals surface area contributed by atoms with Crippen molar-refractivity contribution in [2.75, 3.05) is 31.1 Å². The Balaban J connectivity index is 0.840. The molecule has 41 heavy (non-hydrogen) atoms. The zero-order valence-corrected chi connectivity index (χ0v) is 23.9. The number of piperidine rings is 1. The smallest absolute Gasteiger partial charge is 0.227 e. The SMILES string of the molecule is O=C(Cc1ccc(OCC[C@@H]2C[C@@H]2C2CCN(c3ncc(Cl)cn3)CC2)cc1F)N1CCc2oc(C3CC3)nc2C1. The second-order valence-corrected chi connectivity index (χ2v) is 12.5. The zero-order chi connectivity index (χ0) is 27.9. The molecule has 4 aliphatic rings. The summed E-state index contributed by atoms with van der Waals surface area (Å²) in [5.74, 6) is 5.11. The molecule has 3 aromatic rings. The first kappa shape index (κ1) is 26.7. The topological polar surface area (TPSA) is 84.6 Å². The van der Waals surface area contributed by atoms with Gasteiger partial charge in [0.15, 0.2) is 5.89 Å². The first-order valence-corrected chi connectivity index (χ1v) is 15.3. The highest BCUT2D eigenvalue weighted by Gasteiger charge is 2.43. The normalized spacial score (nSPS) is 22.5. The molecule has 3 fully saturated rings. The van der Waals surface area contributed by atoms with E-state index in [-0.39, 0.29) is 12.3 Å². The number of ether oxygens (including phenoxy) is 1. The van der Waals surface area contributed by atoms with E-state index in [1.54, 1.807) is 29.4 Å². The summed E-state index contributed by atoms with van der Waals surface area (Å²) in [6.45, 7) is 3.53. The minimum atomic E-state index is -0.397. The summed E-state index contributed by atoms with van der Waals surface area (Å²) in [5.41, 5.74) is 1.25. The van der Waals surface area contributed by atoms with Crippen LogP contribution >= 0.6 is 11.6 Å². The number of amides is 1. The maximum Gasteiger partial charge on any atom is 0.227 e. The van der Waals surface area contributed by atoms with Gasteiger partial charge in [-0.15, -0.1) is 0 Å². The molecule has 0 spiro atoms. The van der Waals surface area contributed by atoms with Gasteiger partial charge in [0, 0.05) is 38.0 Å². The number of fused-ring (bicyclic) bond motifs is 1. The molecule has 1 aromatic carbocycles. The van der Waals surface area contributed by atoms with Gasteiger partial charge in [-0.3, -0.25) is 4.79 Å². The molecule has 10 heteroatoms. The van der Waals surface area contributed by atoms with Crippen LogP contribution in [0, 0.1) is 23.6 Å². The summed E-state index contributed by atoms with van der Waals surface area (Å²) in [6, 6.07) is 4.87. The Labute approximate surface area is 244 Å². The Bertz CT molecular complexity index is 1400. The van der Waals surface area contributed by atoms with Crippen LogP contribution in [-0.2, 0) is 24.2 Å². The largest absolute Gasteiger partial charge is 0.493 e. The first-order chi connectivity index (χ1) is 20.0. The lowest BCUT2D eigenvalue weighted by molar-refractivity contribution is -0.131. The Morgan fingerprint density at radius 1 is 1.12 bits per heavy atom. The van der Waals surface area contributed by atoms with Gasteiger partial charge in [0.25, 0.3) is 0 Å². The van der Waals surface area contributed by atoms with Crippen LogP contribution in [-0.4, -0.2) is 52.0 Å². The van der Waals surface area contributed by atoms with Gasteiger partial charge in [-0.1, -0.05) is 17.7 Å². The molecule has 8 nitrogen and oxygen atoms in total. The monoisotopic (exact) mass is 579 g/mol. The van der Waals surface area contributed by atoms with E-state index in [1.165, 1.54) is 12.5 Å². The van der Waals surface area contributed by atoms with Gasteiger partial charge < -0.3 is 19.0 Å². The third-order valence-electron chi connectivity index (χ3n) is 9.16. The van der Waals surface area contributed by atoms with E-state index in [9.17, 15) is 9.18 Å². The number of rotatable bonds is 9. The van der Waals surface area contributed by atoms with Crippen molar-refractivity contribution in [1.29, 1.82) is 0 Å². The maximum atomic E-state index is 14.9. The van der Waals surface area contributed by atoms with Crippen molar-refractivity contribution in [2.24, 2.45) is 17.8 Å². The van der Waals surface area contributed by atoms with E-state index in [1.807, 2.05) is 0 Å². The van der Waals surface area contributed by atoms with E-state index in [2.05, 4.69) is 19.9 Å². The molecule has 2 aromatic heterocycles. The highest BCUT2D eigenvalue weighted by molar-refractivity contribution is 6.30. The average molecular weight is 580 g/mol. The van der Waals surface area contributed by atoms with Crippen LogP contribution in [0.2, 0.25) is 5.02 Å². The summed E-state index contributed by atoms with van der Waals surface area (Å²) in [6.07, 6.45) is 10.8. The molecule has 2 aliphatic carbocycles.